The highest BCUT2D eigenvalue weighted by Crippen LogP contribution is 2.16. The summed E-state index contributed by atoms with van der Waals surface area (Å²) in [5, 5.41) is 4.66. The van der Waals surface area contributed by atoms with Crippen LogP contribution in [0.15, 0.2) is 24.3 Å². The van der Waals surface area contributed by atoms with E-state index in [0.29, 0.717) is 0 Å². The van der Waals surface area contributed by atoms with Gasteiger partial charge >= 0.3 is 0 Å². The number of hydrogen-bond acceptors (Lipinski definition) is 2. The van der Waals surface area contributed by atoms with Gasteiger partial charge in [-0.05, 0) is 49.5 Å². The van der Waals surface area contributed by atoms with E-state index in [1.54, 1.807) is 0 Å². The molecule has 0 unspecified atom stereocenters. The molecule has 18 heavy (non-hydrogen) atoms. The molecular weight excluding hydrogens is 222 g/mol. The lowest BCUT2D eigenvalue weighted by Crippen LogP contribution is -2.17. The van der Waals surface area contributed by atoms with Crippen molar-refractivity contribution in [3.8, 4) is 0 Å². The van der Waals surface area contributed by atoms with Crippen molar-refractivity contribution in [3.05, 3.63) is 35.5 Å². The third-order valence-electron chi connectivity index (χ3n) is 2.71. The fraction of sp³-hybridized carbons (Fsp3) is 0.467. The van der Waals surface area contributed by atoms with Gasteiger partial charge in [-0.25, -0.2) is 0 Å². The summed E-state index contributed by atoms with van der Waals surface area (Å²) in [5.41, 5.74) is 9.18. The van der Waals surface area contributed by atoms with Crippen LogP contribution in [-0.4, -0.2) is 18.1 Å². The van der Waals surface area contributed by atoms with E-state index in [2.05, 4.69) is 41.5 Å². The summed E-state index contributed by atoms with van der Waals surface area (Å²) in [6.45, 7) is 8.73. The third kappa shape index (κ3) is 4.17. The van der Waals surface area contributed by atoms with Gasteiger partial charge in [0.15, 0.2) is 0 Å². The van der Waals surface area contributed by atoms with Gasteiger partial charge in [-0.3, -0.25) is 0 Å². The minimum Gasteiger partial charge on any atom is -0.359 e. The first-order valence-electron chi connectivity index (χ1n) is 6.78. The number of aryl methyl sites for hydroxylation is 1. The van der Waals surface area contributed by atoms with Crippen molar-refractivity contribution in [3.63, 3.8) is 0 Å². The molecule has 0 atom stereocenters. The molecule has 3 nitrogen and oxygen atoms in total. The van der Waals surface area contributed by atoms with Crippen LogP contribution in [0.25, 0.3) is 10.9 Å². The Morgan fingerprint density at radius 1 is 1.22 bits per heavy atom. The molecule has 3 heteroatoms. The summed E-state index contributed by atoms with van der Waals surface area (Å²) in [4.78, 5) is 3.35. The number of benzene rings is 1. The molecule has 1 aromatic heterocycles. The van der Waals surface area contributed by atoms with Gasteiger partial charge in [-0.15, -0.1) is 0 Å². The molecule has 4 N–H and O–H groups in total. The van der Waals surface area contributed by atoms with Crippen LogP contribution in [0.1, 0.15) is 31.5 Å². The monoisotopic (exact) mass is 247 g/mol. The van der Waals surface area contributed by atoms with E-state index in [1.807, 2.05) is 13.8 Å². The zero-order valence-electron chi connectivity index (χ0n) is 11.7. The van der Waals surface area contributed by atoms with Crippen LogP contribution in [0.5, 0.6) is 0 Å². The molecule has 2 rings (SSSR count). The predicted molar refractivity (Wildman–Crippen MR) is 79.8 cm³/mol. The number of rotatable bonds is 5. The molecule has 0 bridgehead atoms. The van der Waals surface area contributed by atoms with E-state index in [-0.39, 0.29) is 0 Å². The Morgan fingerprint density at radius 3 is 2.72 bits per heavy atom. The average molecular weight is 247 g/mol. The van der Waals surface area contributed by atoms with Gasteiger partial charge in [-0.2, -0.15) is 0 Å². The molecule has 0 saturated heterocycles. The van der Waals surface area contributed by atoms with Crippen molar-refractivity contribution in [1.82, 2.24) is 10.3 Å². The maximum absolute atomic E-state index is 5.44. The first-order valence-corrected chi connectivity index (χ1v) is 6.78. The Hall–Kier alpha value is -1.32. The van der Waals surface area contributed by atoms with Crippen LogP contribution in [-0.2, 0) is 6.54 Å². The highest BCUT2D eigenvalue weighted by Gasteiger charge is 1.99. The van der Waals surface area contributed by atoms with E-state index in [1.165, 1.54) is 22.2 Å². The number of H-pyrrole nitrogens is 1. The predicted octanol–water partition coefficient (Wildman–Crippen LogP) is 2.94. The van der Waals surface area contributed by atoms with Crippen molar-refractivity contribution in [2.24, 2.45) is 5.73 Å². The van der Waals surface area contributed by atoms with Crippen molar-refractivity contribution < 1.29 is 0 Å². The molecule has 0 aliphatic carbocycles. The molecule has 0 aliphatic heterocycles. The van der Waals surface area contributed by atoms with Crippen LogP contribution in [0, 0.1) is 6.92 Å². The number of fused-ring (bicyclic) bond motifs is 1. The fourth-order valence-electron chi connectivity index (χ4n) is 1.89. The van der Waals surface area contributed by atoms with E-state index in [9.17, 15) is 0 Å². The van der Waals surface area contributed by atoms with Gasteiger partial charge in [0.1, 0.15) is 0 Å². The summed E-state index contributed by atoms with van der Waals surface area (Å²) in [5.74, 6) is 0. The van der Waals surface area contributed by atoms with Crippen LogP contribution in [0.2, 0.25) is 0 Å². The maximum Gasteiger partial charge on any atom is 0.0459 e. The van der Waals surface area contributed by atoms with Gasteiger partial charge in [0.25, 0.3) is 0 Å². The Labute approximate surface area is 110 Å². The quantitative estimate of drug-likeness (QED) is 0.712. The standard InChI is InChI=1S/C13H19N3.C2H6/c1-10-7-12-4-3-11(8-13(12)16-10)9-15-6-2-5-14;1-2/h3-4,7-8,15-16H,2,5-6,9,14H2,1H3;1-2H3. The summed E-state index contributed by atoms with van der Waals surface area (Å²) in [7, 11) is 0. The smallest absolute Gasteiger partial charge is 0.0459 e. The minimum atomic E-state index is 0.752. The Balaban J connectivity index is 0.000000771. The van der Waals surface area contributed by atoms with Crippen LogP contribution in [0.3, 0.4) is 0 Å². The summed E-state index contributed by atoms with van der Waals surface area (Å²) in [6, 6.07) is 8.71. The van der Waals surface area contributed by atoms with Gasteiger partial charge in [0.2, 0.25) is 0 Å². The van der Waals surface area contributed by atoms with Crippen molar-refractivity contribution in [1.29, 1.82) is 0 Å². The van der Waals surface area contributed by atoms with E-state index >= 15 is 0 Å². The highest BCUT2D eigenvalue weighted by molar-refractivity contribution is 5.80. The minimum absolute atomic E-state index is 0.752. The van der Waals surface area contributed by atoms with E-state index in [4.69, 9.17) is 5.73 Å². The maximum atomic E-state index is 5.44. The topological polar surface area (TPSA) is 53.8 Å². The molecule has 0 aliphatic rings. The van der Waals surface area contributed by atoms with Gasteiger partial charge < -0.3 is 16.0 Å². The first-order chi connectivity index (χ1) is 8.79. The molecular formula is C15H25N3. The normalized spacial score (nSPS) is 10.2. The molecule has 0 spiro atoms. The second kappa shape index (κ2) is 7.90. The van der Waals surface area contributed by atoms with Crippen molar-refractivity contribution >= 4 is 10.9 Å². The Morgan fingerprint density at radius 2 is 2.00 bits per heavy atom. The lowest BCUT2D eigenvalue weighted by molar-refractivity contribution is 0.656. The number of aromatic amines is 1. The van der Waals surface area contributed by atoms with E-state index < -0.39 is 0 Å². The zero-order chi connectivity index (χ0) is 13.4. The Kier molecular flexibility index (Phi) is 6.47. The number of hydrogen-bond donors (Lipinski definition) is 3. The van der Waals surface area contributed by atoms with Crippen LogP contribution < -0.4 is 11.1 Å². The lowest BCUT2D eigenvalue weighted by atomic mass is 10.1. The third-order valence-corrected chi connectivity index (χ3v) is 2.71. The van der Waals surface area contributed by atoms with Gasteiger partial charge in [0, 0.05) is 17.8 Å². The molecule has 1 aromatic carbocycles. The second-order valence-corrected chi connectivity index (χ2v) is 4.19. The molecule has 100 valence electrons. The first kappa shape index (κ1) is 14.7. The molecule has 2 aromatic rings. The molecule has 1 heterocycles. The molecule has 0 saturated carbocycles. The average Bonchev–Trinajstić information content (AvgIpc) is 2.76. The van der Waals surface area contributed by atoms with E-state index in [0.717, 1.165) is 26.1 Å². The molecule has 0 amide bonds. The SMILES string of the molecule is CC.Cc1cc2ccc(CNCCCN)cc2[nH]1. The summed E-state index contributed by atoms with van der Waals surface area (Å²) in [6.07, 6.45) is 1.03. The summed E-state index contributed by atoms with van der Waals surface area (Å²) >= 11 is 0. The van der Waals surface area contributed by atoms with Crippen molar-refractivity contribution in [2.75, 3.05) is 13.1 Å². The van der Waals surface area contributed by atoms with Crippen LogP contribution >= 0.6 is 0 Å². The summed E-state index contributed by atoms with van der Waals surface area (Å²) < 4.78 is 0. The Bertz CT molecular complexity index is 460. The molecule has 0 radical (unpaired) electrons. The highest BCUT2D eigenvalue weighted by atomic mass is 14.8. The fourth-order valence-corrected chi connectivity index (χ4v) is 1.89. The lowest BCUT2D eigenvalue weighted by Gasteiger charge is -2.03. The van der Waals surface area contributed by atoms with Crippen LogP contribution in [0.4, 0.5) is 0 Å². The van der Waals surface area contributed by atoms with Gasteiger partial charge in [-0.1, -0.05) is 26.0 Å². The number of nitrogens with two attached hydrogens (primary N) is 1. The largest absolute Gasteiger partial charge is 0.359 e. The zero-order valence-corrected chi connectivity index (χ0v) is 11.7. The number of nitrogens with one attached hydrogen (secondary N) is 2. The number of aromatic nitrogens is 1. The van der Waals surface area contributed by atoms with Crippen molar-refractivity contribution in [2.45, 2.75) is 33.7 Å². The second-order valence-electron chi connectivity index (χ2n) is 4.19. The van der Waals surface area contributed by atoms with Gasteiger partial charge in [0.05, 0.1) is 0 Å². The molecule has 0 fully saturated rings.